The third kappa shape index (κ3) is 1.28. The van der Waals surface area contributed by atoms with Crippen LogP contribution in [-0.4, -0.2) is 5.78 Å². The molecular formula is C16H20O. The van der Waals surface area contributed by atoms with Gasteiger partial charge >= 0.3 is 0 Å². The summed E-state index contributed by atoms with van der Waals surface area (Å²) in [6.45, 7) is 6.82. The van der Waals surface area contributed by atoms with Gasteiger partial charge in [-0.25, -0.2) is 0 Å². The number of carbonyl (C=O) groups is 1. The number of fused-ring (bicyclic) bond motifs is 3. The van der Waals surface area contributed by atoms with Gasteiger partial charge in [0.2, 0.25) is 0 Å². The topological polar surface area (TPSA) is 17.1 Å². The van der Waals surface area contributed by atoms with E-state index >= 15 is 0 Å². The molecule has 90 valence electrons. The molecule has 0 aliphatic heterocycles. The average Bonchev–Trinajstić information content (AvgIpc) is 2.50. The van der Waals surface area contributed by atoms with Crippen LogP contribution in [0.15, 0.2) is 24.3 Å². The minimum absolute atomic E-state index is 0.0788. The molecule has 0 amide bonds. The first kappa shape index (κ1) is 11.0. The van der Waals surface area contributed by atoms with Crippen molar-refractivity contribution in [1.29, 1.82) is 0 Å². The predicted molar refractivity (Wildman–Crippen MR) is 69.2 cm³/mol. The van der Waals surface area contributed by atoms with Crippen LogP contribution in [0.1, 0.15) is 56.0 Å². The van der Waals surface area contributed by atoms with E-state index in [2.05, 4.69) is 32.9 Å². The van der Waals surface area contributed by atoms with E-state index in [9.17, 15) is 4.79 Å². The second-order valence-corrected chi connectivity index (χ2v) is 6.60. The van der Waals surface area contributed by atoms with Crippen LogP contribution < -0.4 is 0 Å². The van der Waals surface area contributed by atoms with Crippen LogP contribution in [0.25, 0.3) is 0 Å². The summed E-state index contributed by atoms with van der Waals surface area (Å²) in [4.78, 5) is 12.7. The molecule has 1 heteroatoms. The van der Waals surface area contributed by atoms with Gasteiger partial charge in [0.25, 0.3) is 0 Å². The van der Waals surface area contributed by atoms with E-state index in [1.54, 1.807) is 0 Å². The van der Waals surface area contributed by atoms with E-state index in [0.717, 1.165) is 12.0 Å². The average molecular weight is 228 g/mol. The molecule has 2 aliphatic carbocycles. The van der Waals surface area contributed by atoms with Crippen LogP contribution in [-0.2, 0) is 5.41 Å². The van der Waals surface area contributed by atoms with Crippen molar-refractivity contribution in [2.45, 2.75) is 45.4 Å². The summed E-state index contributed by atoms with van der Waals surface area (Å²) in [6, 6.07) is 8.23. The van der Waals surface area contributed by atoms with Crippen molar-refractivity contribution in [2.24, 2.45) is 11.3 Å². The molecule has 2 aliphatic rings. The largest absolute Gasteiger partial charge is 0.294 e. The standard InChI is InChI=1S/C16H20O/c1-15(2)9-6-10-16(3)12-8-5-4-7-11(12)13(17)14(15)16/h4-5,7-8,14H,6,9-10H2,1-3H3/t14-,16?/m0/s1. The van der Waals surface area contributed by atoms with Gasteiger partial charge in [0.15, 0.2) is 5.78 Å². The monoisotopic (exact) mass is 228 g/mol. The van der Waals surface area contributed by atoms with Crippen LogP contribution in [0.3, 0.4) is 0 Å². The summed E-state index contributed by atoms with van der Waals surface area (Å²) >= 11 is 0. The highest BCUT2D eigenvalue weighted by Crippen LogP contribution is 2.57. The van der Waals surface area contributed by atoms with Crippen LogP contribution >= 0.6 is 0 Å². The van der Waals surface area contributed by atoms with E-state index in [0.29, 0.717) is 5.78 Å². The normalized spacial score (nSPS) is 34.3. The zero-order chi connectivity index (χ0) is 12.3. The summed E-state index contributed by atoms with van der Waals surface area (Å²) in [5, 5.41) is 0. The van der Waals surface area contributed by atoms with Gasteiger partial charge in [0, 0.05) is 16.9 Å². The van der Waals surface area contributed by atoms with Gasteiger partial charge in [-0.1, -0.05) is 51.5 Å². The zero-order valence-electron chi connectivity index (χ0n) is 10.9. The molecule has 17 heavy (non-hydrogen) atoms. The number of ketones is 1. The number of benzene rings is 1. The Hall–Kier alpha value is -1.11. The minimum atomic E-state index is 0.0788. The van der Waals surface area contributed by atoms with Gasteiger partial charge in [0.1, 0.15) is 0 Å². The molecule has 2 atom stereocenters. The van der Waals surface area contributed by atoms with Gasteiger partial charge in [-0.05, 0) is 23.8 Å². The molecule has 0 radical (unpaired) electrons. The maximum atomic E-state index is 12.7. The fourth-order valence-electron chi connectivity index (χ4n) is 4.35. The molecule has 0 aromatic heterocycles. The van der Waals surface area contributed by atoms with Gasteiger partial charge < -0.3 is 0 Å². The highest BCUT2D eigenvalue weighted by Gasteiger charge is 2.56. The lowest BCUT2D eigenvalue weighted by molar-refractivity contribution is 0.0500. The second-order valence-electron chi connectivity index (χ2n) is 6.60. The van der Waals surface area contributed by atoms with Crippen LogP contribution in [0.2, 0.25) is 0 Å². The first-order valence-electron chi connectivity index (χ1n) is 6.60. The van der Waals surface area contributed by atoms with Crippen molar-refractivity contribution in [3.63, 3.8) is 0 Å². The zero-order valence-corrected chi connectivity index (χ0v) is 10.9. The molecule has 0 bridgehead atoms. The Morgan fingerprint density at radius 3 is 2.59 bits per heavy atom. The van der Waals surface area contributed by atoms with Gasteiger partial charge in [0.05, 0.1) is 0 Å². The molecule has 1 nitrogen and oxygen atoms in total. The molecule has 1 fully saturated rings. The Labute approximate surface area is 103 Å². The van der Waals surface area contributed by atoms with E-state index in [1.807, 2.05) is 12.1 Å². The van der Waals surface area contributed by atoms with Crippen molar-refractivity contribution < 1.29 is 4.79 Å². The Kier molecular flexibility index (Phi) is 2.08. The molecule has 3 rings (SSSR count). The van der Waals surface area contributed by atoms with Gasteiger partial charge in [-0.2, -0.15) is 0 Å². The lowest BCUT2D eigenvalue weighted by atomic mass is 9.56. The van der Waals surface area contributed by atoms with E-state index in [4.69, 9.17) is 0 Å². The number of hydrogen-bond donors (Lipinski definition) is 0. The molecule has 1 aromatic carbocycles. The highest BCUT2D eigenvalue weighted by molar-refractivity contribution is 6.04. The lowest BCUT2D eigenvalue weighted by Crippen LogP contribution is -2.44. The molecule has 1 saturated carbocycles. The SMILES string of the molecule is CC1(C)CCCC2(C)c3ccccc3C(=O)[C@@H]12. The summed E-state index contributed by atoms with van der Waals surface area (Å²) < 4.78 is 0. The van der Waals surface area contributed by atoms with Gasteiger partial charge in [-0.15, -0.1) is 0 Å². The molecule has 1 aromatic rings. The van der Waals surface area contributed by atoms with Crippen molar-refractivity contribution in [3.8, 4) is 0 Å². The maximum Gasteiger partial charge on any atom is 0.167 e. The third-order valence-electron chi connectivity index (χ3n) is 5.01. The third-order valence-corrected chi connectivity index (χ3v) is 5.01. The van der Waals surface area contributed by atoms with Gasteiger partial charge in [-0.3, -0.25) is 4.79 Å². The fraction of sp³-hybridized carbons (Fsp3) is 0.562. The lowest BCUT2D eigenvalue weighted by Gasteiger charge is -2.46. The Morgan fingerprint density at radius 1 is 1.12 bits per heavy atom. The molecule has 0 heterocycles. The predicted octanol–water partition coefficient (Wildman–Crippen LogP) is 3.97. The van der Waals surface area contributed by atoms with Crippen LogP contribution in [0.5, 0.6) is 0 Å². The summed E-state index contributed by atoms with van der Waals surface area (Å²) in [5.41, 5.74) is 2.50. The number of hydrogen-bond acceptors (Lipinski definition) is 1. The number of carbonyl (C=O) groups excluding carboxylic acids is 1. The molecule has 1 unspecified atom stereocenters. The minimum Gasteiger partial charge on any atom is -0.294 e. The Bertz CT molecular complexity index is 486. The summed E-state index contributed by atoms with van der Waals surface area (Å²) in [5.74, 6) is 0.564. The Morgan fingerprint density at radius 2 is 1.82 bits per heavy atom. The van der Waals surface area contributed by atoms with Crippen molar-refractivity contribution in [3.05, 3.63) is 35.4 Å². The number of Topliss-reactive ketones (excluding diaryl/α,β-unsaturated/α-hetero) is 1. The quantitative estimate of drug-likeness (QED) is 0.656. The first-order chi connectivity index (χ1) is 7.97. The van der Waals surface area contributed by atoms with E-state index < -0.39 is 0 Å². The van der Waals surface area contributed by atoms with E-state index in [-0.39, 0.29) is 16.7 Å². The maximum absolute atomic E-state index is 12.7. The molecule has 0 spiro atoms. The van der Waals surface area contributed by atoms with Crippen molar-refractivity contribution in [1.82, 2.24) is 0 Å². The second kappa shape index (κ2) is 3.22. The Balaban J connectivity index is 2.22. The summed E-state index contributed by atoms with van der Waals surface area (Å²) in [6.07, 6.45) is 3.57. The van der Waals surface area contributed by atoms with Crippen molar-refractivity contribution >= 4 is 5.78 Å². The van der Waals surface area contributed by atoms with E-state index in [1.165, 1.54) is 18.4 Å². The molecular weight excluding hydrogens is 208 g/mol. The van der Waals surface area contributed by atoms with Crippen molar-refractivity contribution in [2.75, 3.05) is 0 Å². The molecule has 0 saturated heterocycles. The fourth-order valence-corrected chi connectivity index (χ4v) is 4.35. The first-order valence-corrected chi connectivity index (χ1v) is 6.60. The summed E-state index contributed by atoms with van der Waals surface area (Å²) in [7, 11) is 0. The highest BCUT2D eigenvalue weighted by atomic mass is 16.1. The molecule has 0 N–H and O–H groups in total. The van der Waals surface area contributed by atoms with Crippen LogP contribution in [0, 0.1) is 11.3 Å². The number of rotatable bonds is 0. The smallest absolute Gasteiger partial charge is 0.167 e. The van der Waals surface area contributed by atoms with Crippen LogP contribution in [0.4, 0.5) is 0 Å².